The van der Waals surface area contributed by atoms with Crippen molar-refractivity contribution >= 4 is 6.09 Å². The van der Waals surface area contributed by atoms with Gasteiger partial charge in [0.2, 0.25) is 0 Å². The Morgan fingerprint density at radius 3 is 3.06 bits per heavy atom. The van der Waals surface area contributed by atoms with Gasteiger partial charge in [0.25, 0.3) is 0 Å². The van der Waals surface area contributed by atoms with Crippen LogP contribution in [0.1, 0.15) is 11.7 Å². The van der Waals surface area contributed by atoms with E-state index in [2.05, 4.69) is 0 Å². The zero-order valence-corrected chi connectivity index (χ0v) is 8.60. The molecular weight excluding hydrogens is 213 g/mol. The molecule has 1 heterocycles. The molecule has 1 aliphatic rings. The third kappa shape index (κ3) is 2.14. The number of carbonyl (C=O) groups excluding carboxylic acids is 1. The molecule has 0 aliphatic carbocycles. The first-order chi connectivity index (χ1) is 7.70. The number of rotatable bonds is 3. The summed E-state index contributed by atoms with van der Waals surface area (Å²) >= 11 is 0. The number of nitrogens with zero attached hydrogens (tertiary/aromatic N) is 1. The lowest BCUT2D eigenvalue weighted by Crippen LogP contribution is -2.27. The van der Waals surface area contributed by atoms with Crippen molar-refractivity contribution in [3.63, 3.8) is 0 Å². The van der Waals surface area contributed by atoms with Crippen LogP contribution >= 0.6 is 0 Å². The van der Waals surface area contributed by atoms with E-state index < -0.39 is 12.2 Å². The molecule has 0 bridgehead atoms. The second-order valence-corrected chi connectivity index (χ2v) is 3.60. The zero-order chi connectivity index (χ0) is 11.5. The summed E-state index contributed by atoms with van der Waals surface area (Å²) in [4.78, 5) is 12.7. The van der Waals surface area contributed by atoms with Crippen LogP contribution < -0.4 is 0 Å². The number of aliphatic hydroxyl groups is 1. The van der Waals surface area contributed by atoms with E-state index in [-0.39, 0.29) is 19.0 Å². The van der Waals surface area contributed by atoms with E-state index in [1.807, 2.05) is 0 Å². The van der Waals surface area contributed by atoms with Gasteiger partial charge in [0.1, 0.15) is 11.9 Å². The van der Waals surface area contributed by atoms with Crippen molar-refractivity contribution < 1.29 is 19.0 Å². The third-order valence-electron chi connectivity index (χ3n) is 2.48. The first kappa shape index (κ1) is 10.9. The Morgan fingerprint density at radius 1 is 1.56 bits per heavy atom. The fourth-order valence-electron chi connectivity index (χ4n) is 1.69. The molecule has 1 unspecified atom stereocenters. The highest BCUT2D eigenvalue weighted by molar-refractivity contribution is 5.70. The normalized spacial score (nSPS) is 20.0. The Labute approximate surface area is 92.2 Å². The Morgan fingerprint density at radius 2 is 2.38 bits per heavy atom. The van der Waals surface area contributed by atoms with Gasteiger partial charge in [-0.25, -0.2) is 9.18 Å². The maximum atomic E-state index is 13.0. The van der Waals surface area contributed by atoms with E-state index in [1.165, 1.54) is 17.0 Å². The van der Waals surface area contributed by atoms with E-state index in [0.717, 1.165) is 0 Å². The van der Waals surface area contributed by atoms with Gasteiger partial charge in [0.05, 0.1) is 13.2 Å². The number of ether oxygens (including phenoxy) is 1. The number of β-amino-alcohol motifs (C(OH)–C–C–N with tert-alkyl or cyclic N) is 1. The smallest absolute Gasteiger partial charge is 0.410 e. The summed E-state index contributed by atoms with van der Waals surface area (Å²) in [5, 5.41) is 8.74. The van der Waals surface area contributed by atoms with Gasteiger partial charge in [0, 0.05) is 6.54 Å². The molecule has 5 heteroatoms. The maximum absolute atomic E-state index is 13.0. The van der Waals surface area contributed by atoms with E-state index in [1.54, 1.807) is 12.1 Å². The first-order valence-corrected chi connectivity index (χ1v) is 5.02. The molecule has 1 fully saturated rings. The van der Waals surface area contributed by atoms with Crippen molar-refractivity contribution in [1.82, 2.24) is 4.90 Å². The van der Waals surface area contributed by atoms with E-state index in [0.29, 0.717) is 12.1 Å². The Bertz CT molecular complexity index is 397. The van der Waals surface area contributed by atoms with Crippen LogP contribution in [-0.2, 0) is 4.74 Å². The molecule has 0 aromatic heterocycles. The minimum absolute atomic E-state index is 0.106. The maximum Gasteiger partial charge on any atom is 0.410 e. The van der Waals surface area contributed by atoms with Gasteiger partial charge in [-0.15, -0.1) is 0 Å². The fraction of sp³-hybridized carbons (Fsp3) is 0.364. The van der Waals surface area contributed by atoms with E-state index in [4.69, 9.17) is 9.84 Å². The minimum Gasteiger partial charge on any atom is -0.439 e. The number of hydrogen-bond acceptors (Lipinski definition) is 3. The molecule has 2 rings (SSSR count). The molecule has 0 saturated carbocycles. The summed E-state index contributed by atoms with van der Waals surface area (Å²) in [5.41, 5.74) is 0.633. The first-order valence-electron chi connectivity index (χ1n) is 5.02. The number of hydrogen-bond donors (Lipinski definition) is 1. The molecule has 16 heavy (non-hydrogen) atoms. The number of halogens is 1. The average molecular weight is 225 g/mol. The van der Waals surface area contributed by atoms with Crippen LogP contribution in [0.2, 0.25) is 0 Å². The van der Waals surface area contributed by atoms with Gasteiger partial charge in [-0.2, -0.15) is 0 Å². The van der Waals surface area contributed by atoms with Crippen molar-refractivity contribution in [1.29, 1.82) is 0 Å². The van der Waals surface area contributed by atoms with Crippen LogP contribution in [0.4, 0.5) is 9.18 Å². The minimum atomic E-state index is -0.469. The van der Waals surface area contributed by atoms with Crippen LogP contribution in [-0.4, -0.2) is 35.8 Å². The van der Waals surface area contributed by atoms with Crippen molar-refractivity contribution in [2.24, 2.45) is 0 Å². The van der Waals surface area contributed by atoms with E-state index in [9.17, 15) is 9.18 Å². The lowest BCUT2D eigenvalue weighted by atomic mass is 10.1. The molecule has 1 amide bonds. The number of cyclic esters (lactones) is 1. The largest absolute Gasteiger partial charge is 0.439 e. The SMILES string of the molecule is O=C1OC(c2cccc(F)c2)CN1CCO. The number of benzene rings is 1. The molecular formula is C11H12FNO3. The highest BCUT2D eigenvalue weighted by atomic mass is 19.1. The molecule has 1 atom stereocenters. The molecule has 1 saturated heterocycles. The van der Waals surface area contributed by atoms with Gasteiger partial charge < -0.3 is 14.7 Å². The summed E-state index contributed by atoms with van der Waals surface area (Å²) in [6.07, 6.45) is -0.918. The van der Waals surface area contributed by atoms with Crippen LogP contribution in [0.3, 0.4) is 0 Å². The predicted molar refractivity (Wildman–Crippen MR) is 54.3 cm³/mol. The van der Waals surface area contributed by atoms with Gasteiger partial charge in [0.15, 0.2) is 0 Å². The fourth-order valence-corrected chi connectivity index (χ4v) is 1.69. The summed E-state index contributed by atoms with van der Waals surface area (Å²) in [7, 11) is 0. The summed E-state index contributed by atoms with van der Waals surface area (Å²) in [5.74, 6) is -0.353. The molecule has 86 valence electrons. The van der Waals surface area contributed by atoms with Crippen molar-refractivity contribution in [2.45, 2.75) is 6.10 Å². The summed E-state index contributed by atoms with van der Waals surface area (Å²) in [6.45, 7) is 0.485. The standard InChI is InChI=1S/C11H12FNO3/c12-9-3-1-2-8(6-9)10-7-13(4-5-14)11(15)16-10/h1-3,6,10,14H,4-5,7H2. The predicted octanol–water partition coefficient (Wildman–Crippen LogP) is 1.31. The number of carbonyl (C=O) groups is 1. The Kier molecular flexibility index (Phi) is 3.05. The molecule has 1 aromatic rings. The Hall–Kier alpha value is -1.62. The molecule has 0 spiro atoms. The van der Waals surface area contributed by atoms with Gasteiger partial charge >= 0.3 is 6.09 Å². The van der Waals surface area contributed by atoms with Crippen molar-refractivity contribution in [2.75, 3.05) is 19.7 Å². The molecule has 0 radical (unpaired) electrons. The zero-order valence-electron chi connectivity index (χ0n) is 8.60. The summed E-state index contributed by atoms with van der Waals surface area (Å²) < 4.78 is 18.0. The van der Waals surface area contributed by atoms with Crippen molar-refractivity contribution in [3.05, 3.63) is 35.6 Å². The molecule has 1 aromatic carbocycles. The number of amides is 1. The van der Waals surface area contributed by atoms with Crippen LogP contribution in [0.15, 0.2) is 24.3 Å². The summed E-state index contributed by atoms with van der Waals surface area (Å²) in [6, 6.07) is 5.98. The van der Waals surface area contributed by atoms with Gasteiger partial charge in [-0.3, -0.25) is 0 Å². The second-order valence-electron chi connectivity index (χ2n) is 3.60. The third-order valence-corrected chi connectivity index (χ3v) is 2.48. The molecule has 1 aliphatic heterocycles. The Balaban J connectivity index is 2.10. The van der Waals surface area contributed by atoms with E-state index >= 15 is 0 Å². The second kappa shape index (κ2) is 4.49. The average Bonchev–Trinajstić information content (AvgIpc) is 2.61. The van der Waals surface area contributed by atoms with Crippen LogP contribution in [0.5, 0.6) is 0 Å². The highest BCUT2D eigenvalue weighted by Gasteiger charge is 2.31. The number of aliphatic hydroxyl groups excluding tert-OH is 1. The lowest BCUT2D eigenvalue weighted by Gasteiger charge is -2.10. The topological polar surface area (TPSA) is 49.8 Å². The van der Waals surface area contributed by atoms with Crippen molar-refractivity contribution in [3.8, 4) is 0 Å². The van der Waals surface area contributed by atoms with Gasteiger partial charge in [-0.1, -0.05) is 12.1 Å². The monoisotopic (exact) mass is 225 g/mol. The van der Waals surface area contributed by atoms with Crippen LogP contribution in [0.25, 0.3) is 0 Å². The van der Waals surface area contributed by atoms with Gasteiger partial charge in [-0.05, 0) is 17.7 Å². The molecule has 4 nitrogen and oxygen atoms in total. The van der Waals surface area contributed by atoms with Crippen LogP contribution in [0, 0.1) is 5.82 Å². The quantitative estimate of drug-likeness (QED) is 0.843. The highest BCUT2D eigenvalue weighted by Crippen LogP contribution is 2.25. The lowest BCUT2D eigenvalue weighted by molar-refractivity contribution is 0.130. The molecule has 1 N–H and O–H groups in total.